The van der Waals surface area contributed by atoms with Crippen molar-refractivity contribution in [1.82, 2.24) is 4.72 Å². The Balaban J connectivity index is 2.28. The van der Waals surface area contributed by atoms with Crippen LogP contribution in [0.5, 0.6) is 0 Å². The van der Waals surface area contributed by atoms with Crippen LogP contribution in [0.15, 0.2) is 14.1 Å². The zero-order chi connectivity index (χ0) is 14.8. The lowest BCUT2D eigenvalue weighted by atomic mass is 9.94. The summed E-state index contributed by atoms with van der Waals surface area (Å²) >= 11 is 10.1. The Morgan fingerprint density at radius 1 is 1.35 bits per heavy atom. The van der Waals surface area contributed by atoms with E-state index in [1.807, 2.05) is 0 Å². The molecule has 2 rings (SSSR count). The van der Waals surface area contributed by atoms with Crippen LogP contribution in [0.1, 0.15) is 38.5 Å². The van der Waals surface area contributed by atoms with E-state index >= 15 is 0 Å². The number of nitrogens with one attached hydrogen (secondary N) is 1. The van der Waals surface area contributed by atoms with Crippen LogP contribution in [-0.4, -0.2) is 14.0 Å². The topological polar surface area (TPSA) is 70.0 Å². The molecule has 0 amide bonds. The van der Waals surface area contributed by atoms with Crippen molar-refractivity contribution in [3.05, 3.63) is 14.9 Å². The maximum absolute atomic E-state index is 12.4. The first-order chi connectivity index (χ1) is 9.38. The Morgan fingerprint density at radius 2 is 1.95 bits per heavy atom. The summed E-state index contributed by atoms with van der Waals surface area (Å²) in [5, 5.41) is 9.79. The van der Waals surface area contributed by atoms with Crippen LogP contribution in [-0.2, 0) is 10.0 Å². The van der Waals surface area contributed by atoms with Gasteiger partial charge in [0.2, 0.25) is 0 Å². The molecule has 0 radical (unpaired) electrons. The average molecular weight is 398 g/mol. The minimum absolute atomic E-state index is 0.133. The van der Waals surface area contributed by atoms with Crippen LogP contribution in [0, 0.1) is 11.3 Å². The minimum atomic E-state index is -3.72. The van der Waals surface area contributed by atoms with Crippen LogP contribution < -0.4 is 4.72 Å². The zero-order valence-corrected chi connectivity index (χ0v) is 14.6. The Labute approximate surface area is 136 Å². The second-order valence-corrected chi connectivity index (χ2v) is 9.59. The summed E-state index contributed by atoms with van der Waals surface area (Å²) in [6, 6.07) is 3.58. The molecule has 1 aromatic rings. The largest absolute Gasteiger partial charge is 0.251 e. The SMILES string of the molecule is N#CC1(NS(=O)(=O)c2cc(Cl)c(Br)s2)CCCCCC1. The van der Waals surface area contributed by atoms with Crippen molar-refractivity contribution in [1.29, 1.82) is 5.26 Å². The first-order valence-corrected chi connectivity index (χ1v) is 9.76. The van der Waals surface area contributed by atoms with Gasteiger partial charge in [0.15, 0.2) is 0 Å². The fourth-order valence-electron chi connectivity index (χ4n) is 2.34. The van der Waals surface area contributed by atoms with Gasteiger partial charge in [0, 0.05) is 0 Å². The molecule has 0 unspecified atom stereocenters. The molecule has 1 aromatic heterocycles. The highest BCUT2D eigenvalue weighted by molar-refractivity contribution is 9.11. The standard InChI is InChI=1S/C12H14BrClN2O2S2/c13-11-9(14)7-10(19-11)20(17,18)16-12(8-15)5-3-1-2-4-6-12/h7,16H,1-6H2. The number of nitriles is 1. The Morgan fingerprint density at radius 3 is 2.40 bits per heavy atom. The highest BCUT2D eigenvalue weighted by Gasteiger charge is 2.36. The second kappa shape index (κ2) is 6.32. The fraction of sp³-hybridized carbons (Fsp3) is 0.583. The summed E-state index contributed by atoms with van der Waals surface area (Å²) < 4.78 is 28.1. The van der Waals surface area contributed by atoms with E-state index in [-0.39, 0.29) is 4.21 Å². The van der Waals surface area contributed by atoms with Crippen molar-refractivity contribution in [2.75, 3.05) is 0 Å². The van der Waals surface area contributed by atoms with Gasteiger partial charge in [-0.15, -0.1) is 11.3 Å². The van der Waals surface area contributed by atoms with Crippen LogP contribution >= 0.6 is 38.9 Å². The molecule has 0 bridgehead atoms. The molecule has 0 aromatic carbocycles. The molecule has 1 heterocycles. The lowest BCUT2D eigenvalue weighted by Gasteiger charge is -2.25. The molecule has 1 aliphatic rings. The predicted octanol–water partition coefficient (Wildman–Crippen LogP) is 4.06. The van der Waals surface area contributed by atoms with Gasteiger partial charge in [-0.25, -0.2) is 8.42 Å². The summed E-state index contributed by atoms with van der Waals surface area (Å²) in [5.41, 5.74) is -0.988. The maximum atomic E-state index is 12.4. The third kappa shape index (κ3) is 3.55. The summed E-state index contributed by atoms with van der Waals surface area (Å²) in [6.07, 6.45) is 4.94. The quantitative estimate of drug-likeness (QED) is 0.782. The summed E-state index contributed by atoms with van der Waals surface area (Å²) in [6.45, 7) is 0. The smallest absolute Gasteiger partial charge is 0.206 e. The molecule has 110 valence electrons. The van der Waals surface area contributed by atoms with Crippen LogP contribution in [0.2, 0.25) is 5.02 Å². The molecule has 0 atom stereocenters. The van der Waals surface area contributed by atoms with Gasteiger partial charge in [-0.2, -0.15) is 9.98 Å². The highest BCUT2D eigenvalue weighted by Crippen LogP contribution is 2.36. The van der Waals surface area contributed by atoms with Crippen molar-refractivity contribution >= 4 is 48.9 Å². The van der Waals surface area contributed by atoms with Gasteiger partial charge in [-0.3, -0.25) is 0 Å². The van der Waals surface area contributed by atoms with Crippen LogP contribution in [0.25, 0.3) is 0 Å². The van der Waals surface area contributed by atoms with E-state index in [1.165, 1.54) is 6.07 Å². The monoisotopic (exact) mass is 396 g/mol. The highest BCUT2D eigenvalue weighted by atomic mass is 79.9. The van der Waals surface area contributed by atoms with Crippen molar-refractivity contribution < 1.29 is 8.42 Å². The molecule has 0 aliphatic heterocycles. The summed E-state index contributed by atoms with van der Waals surface area (Å²) in [5.74, 6) is 0. The zero-order valence-electron chi connectivity index (χ0n) is 10.7. The molecule has 1 aliphatic carbocycles. The van der Waals surface area contributed by atoms with Crippen molar-refractivity contribution in [3.63, 3.8) is 0 Å². The van der Waals surface area contributed by atoms with Crippen molar-refractivity contribution in [2.24, 2.45) is 0 Å². The van der Waals surface area contributed by atoms with Crippen molar-refractivity contribution in [2.45, 2.75) is 48.3 Å². The Bertz CT molecular complexity index is 609. The Hall–Kier alpha value is -0.130. The first kappa shape index (κ1) is 16.2. The van der Waals surface area contributed by atoms with E-state index in [1.54, 1.807) is 0 Å². The van der Waals surface area contributed by atoms with Gasteiger partial charge in [0.1, 0.15) is 9.75 Å². The number of nitrogens with zero attached hydrogens (tertiary/aromatic N) is 1. The number of hydrogen-bond donors (Lipinski definition) is 1. The number of halogens is 2. The minimum Gasteiger partial charge on any atom is -0.206 e. The summed E-state index contributed by atoms with van der Waals surface area (Å²) in [4.78, 5) is 0. The number of hydrogen-bond acceptors (Lipinski definition) is 4. The molecule has 0 saturated heterocycles. The number of rotatable bonds is 3. The third-order valence-corrected chi connectivity index (χ3v) is 7.87. The van der Waals surface area contributed by atoms with E-state index < -0.39 is 15.6 Å². The van der Waals surface area contributed by atoms with Gasteiger partial charge in [0.05, 0.1) is 14.9 Å². The van der Waals surface area contributed by atoms with Crippen LogP contribution in [0.4, 0.5) is 0 Å². The summed E-state index contributed by atoms with van der Waals surface area (Å²) in [7, 11) is -3.72. The third-order valence-electron chi connectivity index (χ3n) is 3.39. The molecule has 4 nitrogen and oxygen atoms in total. The van der Waals surface area contributed by atoms with Gasteiger partial charge < -0.3 is 0 Å². The average Bonchev–Trinajstić information content (AvgIpc) is 2.63. The van der Waals surface area contributed by atoms with E-state index in [0.717, 1.165) is 37.0 Å². The molecule has 0 spiro atoms. The van der Waals surface area contributed by atoms with E-state index in [2.05, 4.69) is 26.7 Å². The normalized spacial score (nSPS) is 19.2. The second-order valence-electron chi connectivity index (χ2n) is 4.90. The first-order valence-electron chi connectivity index (χ1n) is 6.29. The molecule has 8 heteroatoms. The van der Waals surface area contributed by atoms with E-state index in [9.17, 15) is 13.7 Å². The molecule has 20 heavy (non-hydrogen) atoms. The van der Waals surface area contributed by atoms with E-state index in [0.29, 0.717) is 21.7 Å². The fourth-order valence-corrected chi connectivity index (χ4v) is 6.11. The van der Waals surface area contributed by atoms with Gasteiger partial charge in [-0.1, -0.05) is 37.3 Å². The molecular formula is C12H14BrClN2O2S2. The number of sulfonamides is 1. The predicted molar refractivity (Wildman–Crippen MR) is 83.4 cm³/mol. The van der Waals surface area contributed by atoms with Gasteiger partial charge in [-0.05, 0) is 34.8 Å². The van der Waals surface area contributed by atoms with Crippen LogP contribution in [0.3, 0.4) is 0 Å². The molecule has 1 saturated carbocycles. The number of thiophene rings is 1. The van der Waals surface area contributed by atoms with Crippen molar-refractivity contribution in [3.8, 4) is 6.07 Å². The maximum Gasteiger partial charge on any atom is 0.251 e. The van der Waals surface area contributed by atoms with Gasteiger partial charge in [0.25, 0.3) is 10.0 Å². The lowest BCUT2D eigenvalue weighted by molar-refractivity contribution is 0.422. The molecular weight excluding hydrogens is 384 g/mol. The van der Waals surface area contributed by atoms with Gasteiger partial charge >= 0.3 is 0 Å². The lowest BCUT2D eigenvalue weighted by Crippen LogP contribution is -2.46. The van der Waals surface area contributed by atoms with E-state index in [4.69, 9.17) is 11.6 Å². The molecule has 1 N–H and O–H groups in total. The molecule has 1 fully saturated rings. The Kier molecular flexibility index (Phi) is 5.14.